The summed E-state index contributed by atoms with van der Waals surface area (Å²) < 4.78 is 32.3. The van der Waals surface area contributed by atoms with E-state index in [0.29, 0.717) is 18.3 Å². The minimum absolute atomic E-state index is 0.0858. The first-order valence-corrected chi connectivity index (χ1v) is 10.4. The fourth-order valence-electron chi connectivity index (χ4n) is 3.07. The highest BCUT2D eigenvalue weighted by Crippen LogP contribution is 2.23. The molecule has 0 heterocycles. The monoisotopic (exact) mass is 368 g/mol. The number of hydrogen-bond donors (Lipinski definition) is 2. The lowest BCUT2D eigenvalue weighted by Gasteiger charge is -2.29. The highest BCUT2D eigenvalue weighted by atomic mass is 32.2. The number of carbonyl (C=O) groups excluding carboxylic acids is 1. The molecule has 0 bridgehead atoms. The van der Waals surface area contributed by atoms with Crippen LogP contribution in [0.5, 0.6) is 5.75 Å². The predicted octanol–water partition coefficient (Wildman–Crippen LogP) is 2.45. The molecule has 7 heteroatoms. The van der Waals surface area contributed by atoms with Crippen molar-refractivity contribution in [3.8, 4) is 5.75 Å². The van der Waals surface area contributed by atoms with Crippen molar-refractivity contribution in [2.24, 2.45) is 5.92 Å². The maximum atomic E-state index is 12.2. The van der Waals surface area contributed by atoms with Crippen LogP contribution in [0.3, 0.4) is 0 Å². The van der Waals surface area contributed by atoms with Gasteiger partial charge in [0.15, 0.2) is 0 Å². The molecule has 0 spiro atoms. The zero-order chi connectivity index (χ0) is 18.3. The number of ether oxygens (including phenoxy) is 1. The van der Waals surface area contributed by atoms with Crippen molar-refractivity contribution >= 4 is 15.9 Å². The first-order chi connectivity index (χ1) is 11.9. The van der Waals surface area contributed by atoms with E-state index in [2.05, 4.69) is 17.0 Å². The Hall–Kier alpha value is -1.60. The molecule has 0 aliphatic heterocycles. The Morgan fingerprint density at radius 1 is 1.20 bits per heavy atom. The highest BCUT2D eigenvalue weighted by Gasteiger charge is 2.22. The fraction of sp³-hybridized carbons (Fsp3) is 0.611. The molecule has 1 saturated carbocycles. The van der Waals surface area contributed by atoms with E-state index in [4.69, 9.17) is 4.74 Å². The van der Waals surface area contributed by atoms with Crippen LogP contribution >= 0.6 is 0 Å². The van der Waals surface area contributed by atoms with Crippen molar-refractivity contribution in [2.75, 3.05) is 13.2 Å². The van der Waals surface area contributed by atoms with Crippen LogP contribution < -0.4 is 14.8 Å². The van der Waals surface area contributed by atoms with Crippen LogP contribution in [-0.4, -0.2) is 33.5 Å². The maximum Gasteiger partial charge on any atom is 0.240 e. The molecule has 25 heavy (non-hydrogen) atoms. The summed E-state index contributed by atoms with van der Waals surface area (Å²) in [6.07, 6.45) is 4.63. The summed E-state index contributed by atoms with van der Waals surface area (Å²) in [6.45, 7) is 4.63. The average molecular weight is 368 g/mol. The van der Waals surface area contributed by atoms with Crippen molar-refractivity contribution < 1.29 is 17.9 Å². The molecular weight excluding hydrogens is 340 g/mol. The van der Waals surface area contributed by atoms with Gasteiger partial charge in [-0.25, -0.2) is 13.1 Å². The maximum absolute atomic E-state index is 12.2. The highest BCUT2D eigenvalue weighted by molar-refractivity contribution is 7.89. The second-order valence-corrected chi connectivity index (χ2v) is 8.25. The summed E-state index contributed by atoms with van der Waals surface area (Å²) >= 11 is 0. The third-order valence-electron chi connectivity index (χ3n) is 4.55. The van der Waals surface area contributed by atoms with Gasteiger partial charge in [0.1, 0.15) is 5.75 Å². The second-order valence-electron chi connectivity index (χ2n) is 6.49. The van der Waals surface area contributed by atoms with Crippen LogP contribution in [0.4, 0.5) is 0 Å². The molecule has 2 N–H and O–H groups in total. The lowest BCUT2D eigenvalue weighted by atomic mass is 9.86. The summed E-state index contributed by atoms with van der Waals surface area (Å²) in [7, 11) is -3.62. The van der Waals surface area contributed by atoms with Gasteiger partial charge >= 0.3 is 0 Å². The zero-order valence-electron chi connectivity index (χ0n) is 15.0. The lowest BCUT2D eigenvalue weighted by molar-refractivity contribution is -0.122. The molecule has 1 amide bonds. The topological polar surface area (TPSA) is 84.5 Å². The van der Waals surface area contributed by atoms with E-state index in [1.165, 1.54) is 18.6 Å². The van der Waals surface area contributed by atoms with Gasteiger partial charge in [-0.3, -0.25) is 4.79 Å². The van der Waals surface area contributed by atoms with E-state index in [-0.39, 0.29) is 29.8 Å². The smallest absolute Gasteiger partial charge is 0.240 e. The minimum Gasteiger partial charge on any atom is -0.494 e. The fourth-order valence-corrected chi connectivity index (χ4v) is 4.11. The van der Waals surface area contributed by atoms with E-state index in [1.807, 2.05) is 6.92 Å². The Morgan fingerprint density at radius 2 is 1.88 bits per heavy atom. The molecule has 0 unspecified atom stereocenters. The molecule has 140 valence electrons. The predicted molar refractivity (Wildman–Crippen MR) is 97.0 cm³/mol. The van der Waals surface area contributed by atoms with Crippen LogP contribution in [0.1, 0.15) is 46.0 Å². The number of amides is 1. The molecule has 2 rings (SSSR count). The number of hydrogen-bond acceptors (Lipinski definition) is 4. The van der Waals surface area contributed by atoms with Crippen LogP contribution in [0, 0.1) is 5.92 Å². The molecule has 1 aliphatic carbocycles. The van der Waals surface area contributed by atoms with Gasteiger partial charge in [-0.2, -0.15) is 0 Å². The molecule has 1 aromatic rings. The van der Waals surface area contributed by atoms with Crippen molar-refractivity contribution in [2.45, 2.75) is 56.9 Å². The van der Waals surface area contributed by atoms with Crippen LogP contribution in [0.2, 0.25) is 0 Å². The number of carbonyl (C=O) groups is 1. The van der Waals surface area contributed by atoms with Gasteiger partial charge in [-0.05, 0) is 49.9 Å². The Labute approximate surface area is 150 Å². The van der Waals surface area contributed by atoms with Crippen molar-refractivity contribution in [3.63, 3.8) is 0 Å². The van der Waals surface area contributed by atoms with Crippen LogP contribution in [-0.2, 0) is 14.8 Å². The van der Waals surface area contributed by atoms with Gasteiger partial charge in [0, 0.05) is 19.0 Å². The lowest BCUT2D eigenvalue weighted by Crippen LogP contribution is -2.42. The Morgan fingerprint density at radius 3 is 2.52 bits per heavy atom. The van der Waals surface area contributed by atoms with Crippen LogP contribution in [0.25, 0.3) is 0 Å². The number of nitrogens with one attached hydrogen (secondary N) is 2. The molecule has 0 saturated heterocycles. The zero-order valence-corrected chi connectivity index (χ0v) is 15.8. The first-order valence-electron chi connectivity index (χ1n) is 8.94. The van der Waals surface area contributed by atoms with Crippen molar-refractivity contribution in [3.05, 3.63) is 24.3 Å². The average Bonchev–Trinajstić information content (AvgIpc) is 2.58. The SMILES string of the molecule is CCOc1ccc(S(=O)(=O)NCCC(=O)N[C@@H]2CCCC[C@@H]2C)cc1. The van der Waals surface area contributed by atoms with Crippen LogP contribution in [0.15, 0.2) is 29.2 Å². The third kappa shape index (κ3) is 6.01. The molecule has 1 aromatic carbocycles. The molecule has 6 nitrogen and oxygen atoms in total. The number of sulfonamides is 1. The van der Waals surface area contributed by atoms with E-state index in [0.717, 1.165) is 19.3 Å². The van der Waals surface area contributed by atoms with E-state index in [9.17, 15) is 13.2 Å². The van der Waals surface area contributed by atoms with E-state index >= 15 is 0 Å². The quantitative estimate of drug-likeness (QED) is 0.738. The molecule has 1 aliphatic rings. The molecule has 2 atom stereocenters. The third-order valence-corrected chi connectivity index (χ3v) is 6.02. The van der Waals surface area contributed by atoms with Gasteiger partial charge in [-0.15, -0.1) is 0 Å². The van der Waals surface area contributed by atoms with Gasteiger partial charge in [0.2, 0.25) is 15.9 Å². The van der Waals surface area contributed by atoms with E-state index < -0.39 is 10.0 Å². The largest absolute Gasteiger partial charge is 0.494 e. The first kappa shape index (κ1) is 19.7. The van der Waals surface area contributed by atoms with Crippen molar-refractivity contribution in [1.29, 1.82) is 0 Å². The second kappa shape index (κ2) is 9.20. The van der Waals surface area contributed by atoms with Gasteiger partial charge in [-0.1, -0.05) is 19.8 Å². The number of rotatable bonds is 8. The molecule has 0 aromatic heterocycles. The molecule has 0 radical (unpaired) electrons. The minimum atomic E-state index is -3.62. The molecule has 1 fully saturated rings. The van der Waals surface area contributed by atoms with Gasteiger partial charge in [0.05, 0.1) is 11.5 Å². The summed E-state index contributed by atoms with van der Waals surface area (Å²) in [5.41, 5.74) is 0. The Kier molecular flexibility index (Phi) is 7.25. The van der Waals surface area contributed by atoms with Gasteiger partial charge in [0.25, 0.3) is 0 Å². The molecular formula is C18H28N2O4S. The number of benzene rings is 1. The summed E-state index contributed by atoms with van der Waals surface area (Å²) in [4.78, 5) is 12.2. The van der Waals surface area contributed by atoms with Crippen molar-refractivity contribution in [1.82, 2.24) is 10.0 Å². The summed E-state index contributed by atoms with van der Waals surface area (Å²) in [5, 5.41) is 3.03. The van der Waals surface area contributed by atoms with E-state index in [1.54, 1.807) is 12.1 Å². The summed E-state index contributed by atoms with van der Waals surface area (Å²) in [5.74, 6) is 1.01. The normalized spacial score (nSPS) is 20.9. The Balaban J connectivity index is 1.80. The summed E-state index contributed by atoms with van der Waals surface area (Å²) in [6, 6.07) is 6.45. The standard InChI is InChI=1S/C18H28N2O4S/c1-3-24-15-8-10-16(11-9-15)25(22,23)19-13-12-18(21)20-17-7-5-4-6-14(17)2/h8-11,14,17,19H,3-7,12-13H2,1-2H3,(H,20,21)/t14-,17+/m0/s1. The van der Waals surface area contributed by atoms with Gasteiger partial charge < -0.3 is 10.1 Å². The Bertz CT molecular complexity index is 658.